The van der Waals surface area contributed by atoms with Crippen molar-refractivity contribution in [2.75, 3.05) is 11.9 Å². The molecule has 0 saturated carbocycles. The van der Waals surface area contributed by atoms with Crippen LogP contribution in [0.2, 0.25) is 0 Å². The molecular weight excluding hydrogens is 286 g/mol. The third-order valence-corrected chi connectivity index (χ3v) is 4.13. The van der Waals surface area contributed by atoms with Gasteiger partial charge in [-0.05, 0) is 37.5 Å². The summed E-state index contributed by atoms with van der Waals surface area (Å²) in [5.41, 5.74) is 4.43. The Morgan fingerprint density at radius 2 is 1.96 bits per heavy atom. The van der Waals surface area contributed by atoms with E-state index in [0.29, 0.717) is 5.92 Å². The molecule has 0 spiro atoms. The van der Waals surface area contributed by atoms with Crippen LogP contribution in [0.5, 0.6) is 0 Å². The summed E-state index contributed by atoms with van der Waals surface area (Å²) in [6.07, 6.45) is 3.46. The first kappa shape index (κ1) is 15.5. The van der Waals surface area contributed by atoms with E-state index < -0.39 is 0 Å². The Labute approximate surface area is 136 Å². The van der Waals surface area contributed by atoms with Crippen LogP contribution in [-0.2, 0) is 6.54 Å². The van der Waals surface area contributed by atoms with Gasteiger partial charge in [-0.2, -0.15) is 0 Å². The zero-order valence-corrected chi connectivity index (χ0v) is 14.2. The van der Waals surface area contributed by atoms with Crippen LogP contribution in [0.4, 0.5) is 5.82 Å². The van der Waals surface area contributed by atoms with Gasteiger partial charge in [0.2, 0.25) is 0 Å². The van der Waals surface area contributed by atoms with Crippen molar-refractivity contribution < 1.29 is 0 Å². The maximum absolute atomic E-state index is 4.53. The first-order valence-electron chi connectivity index (χ1n) is 8.02. The molecule has 0 aliphatic heterocycles. The zero-order chi connectivity index (χ0) is 16.4. The Bertz CT molecular complexity index is 805. The number of rotatable bonds is 5. The predicted octanol–water partition coefficient (Wildman–Crippen LogP) is 3.56. The van der Waals surface area contributed by atoms with Crippen molar-refractivity contribution >= 4 is 16.9 Å². The van der Waals surface area contributed by atoms with Gasteiger partial charge in [0.15, 0.2) is 0 Å². The number of nitrogens with one attached hydrogen (secondary N) is 1. The van der Waals surface area contributed by atoms with E-state index in [1.807, 2.05) is 24.4 Å². The van der Waals surface area contributed by atoms with Gasteiger partial charge in [-0.25, -0.2) is 9.97 Å². The van der Waals surface area contributed by atoms with Gasteiger partial charge in [0.25, 0.3) is 0 Å². The number of anilines is 1. The molecule has 1 N–H and O–H groups in total. The molecule has 3 heterocycles. The van der Waals surface area contributed by atoms with Crippen LogP contribution in [0.3, 0.4) is 0 Å². The molecule has 0 aliphatic carbocycles. The summed E-state index contributed by atoms with van der Waals surface area (Å²) in [5, 5.41) is 4.56. The van der Waals surface area contributed by atoms with Gasteiger partial charge in [-0.3, -0.25) is 4.98 Å². The van der Waals surface area contributed by atoms with Crippen LogP contribution in [0.15, 0.2) is 30.7 Å². The first-order chi connectivity index (χ1) is 11.1. The van der Waals surface area contributed by atoms with Crippen molar-refractivity contribution in [2.45, 2.75) is 34.2 Å². The molecule has 120 valence electrons. The Hall–Kier alpha value is -2.43. The molecular formula is C18H23N5. The largest absolute Gasteiger partial charge is 0.369 e. The molecule has 3 aromatic rings. The molecule has 0 bridgehead atoms. The Morgan fingerprint density at radius 1 is 1.13 bits per heavy atom. The molecule has 5 nitrogen and oxygen atoms in total. The summed E-state index contributed by atoms with van der Waals surface area (Å²) in [5.74, 6) is 1.49. The summed E-state index contributed by atoms with van der Waals surface area (Å²) in [4.78, 5) is 13.4. The fraction of sp³-hybridized carbons (Fsp3) is 0.389. The number of aromatic nitrogens is 4. The lowest BCUT2D eigenvalue weighted by atomic mass is 10.2. The monoisotopic (exact) mass is 309 g/mol. The lowest BCUT2D eigenvalue weighted by molar-refractivity contribution is 0.687. The quantitative estimate of drug-likeness (QED) is 0.783. The molecule has 0 fully saturated rings. The standard InChI is InChI=1S/C18H23N5/c1-12(2)9-20-17-16-13(3)14(4)23(18(16)22-11-21-17)10-15-7-5-6-8-19-15/h5-8,11-12H,9-10H2,1-4H3,(H,20,21,22). The fourth-order valence-electron chi connectivity index (χ4n) is 2.75. The fourth-order valence-corrected chi connectivity index (χ4v) is 2.75. The highest BCUT2D eigenvalue weighted by Gasteiger charge is 2.16. The highest BCUT2D eigenvalue weighted by molar-refractivity contribution is 5.91. The van der Waals surface area contributed by atoms with Gasteiger partial charge in [0, 0.05) is 18.4 Å². The number of fused-ring (bicyclic) bond motifs is 1. The van der Waals surface area contributed by atoms with Crippen LogP contribution < -0.4 is 5.32 Å². The normalized spacial score (nSPS) is 11.3. The summed E-state index contributed by atoms with van der Waals surface area (Å²) < 4.78 is 2.22. The van der Waals surface area contributed by atoms with Crippen LogP contribution in [0, 0.1) is 19.8 Å². The molecule has 0 aliphatic rings. The third-order valence-electron chi connectivity index (χ3n) is 4.13. The minimum atomic E-state index is 0.567. The van der Waals surface area contributed by atoms with E-state index in [-0.39, 0.29) is 0 Å². The van der Waals surface area contributed by atoms with E-state index in [0.717, 1.165) is 35.6 Å². The third kappa shape index (κ3) is 3.04. The number of nitrogens with zero attached hydrogens (tertiary/aromatic N) is 4. The van der Waals surface area contributed by atoms with Crippen LogP contribution in [0.1, 0.15) is 30.8 Å². The topological polar surface area (TPSA) is 55.6 Å². The molecule has 5 heteroatoms. The van der Waals surface area contributed by atoms with Crippen molar-refractivity contribution in [1.82, 2.24) is 19.5 Å². The molecule has 0 aromatic carbocycles. The van der Waals surface area contributed by atoms with E-state index in [1.54, 1.807) is 6.33 Å². The van der Waals surface area contributed by atoms with Crippen molar-refractivity contribution in [1.29, 1.82) is 0 Å². The predicted molar refractivity (Wildman–Crippen MR) is 93.7 cm³/mol. The Balaban J connectivity index is 2.06. The second-order valence-electron chi connectivity index (χ2n) is 6.31. The first-order valence-corrected chi connectivity index (χ1v) is 8.02. The Morgan fingerprint density at radius 3 is 2.65 bits per heavy atom. The summed E-state index contributed by atoms with van der Waals surface area (Å²) >= 11 is 0. The van der Waals surface area contributed by atoms with Gasteiger partial charge in [0.05, 0.1) is 17.6 Å². The highest BCUT2D eigenvalue weighted by atomic mass is 15.1. The number of pyridine rings is 1. The lowest BCUT2D eigenvalue weighted by Gasteiger charge is -2.10. The highest BCUT2D eigenvalue weighted by Crippen LogP contribution is 2.29. The van der Waals surface area contributed by atoms with Gasteiger partial charge >= 0.3 is 0 Å². The van der Waals surface area contributed by atoms with E-state index in [2.05, 4.69) is 52.5 Å². The number of aryl methyl sites for hydroxylation is 1. The van der Waals surface area contributed by atoms with Crippen molar-refractivity contribution in [3.63, 3.8) is 0 Å². The van der Waals surface area contributed by atoms with Crippen LogP contribution in [0.25, 0.3) is 11.0 Å². The lowest BCUT2D eigenvalue weighted by Crippen LogP contribution is -2.10. The van der Waals surface area contributed by atoms with Crippen LogP contribution in [-0.4, -0.2) is 26.1 Å². The number of hydrogen-bond acceptors (Lipinski definition) is 4. The average Bonchev–Trinajstić information content (AvgIpc) is 2.79. The summed E-state index contributed by atoms with van der Waals surface area (Å²) in [6.45, 7) is 10.3. The van der Waals surface area contributed by atoms with E-state index in [4.69, 9.17) is 0 Å². The van der Waals surface area contributed by atoms with E-state index >= 15 is 0 Å². The second-order valence-corrected chi connectivity index (χ2v) is 6.31. The van der Waals surface area contributed by atoms with E-state index in [9.17, 15) is 0 Å². The molecule has 0 unspecified atom stereocenters. The van der Waals surface area contributed by atoms with E-state index in [1.165, 1.54) is 11.3 Å². The van der Waals surface area contributed by atoms with Crippen molar-refractivity contribution in [3.8, 4) is 0 Å². The number of hydrogen-bond donors (Lipinski definition) is 1. The smallest absolute Gasteiger partial charge is 0.146 e. The molecule has 23 heavy (non-hydrogen) atoms. The SMILES string of the molecule is Cc1c(C)n(Cc2ccccn2)c2ncnc(NCC(C)C)c12. The van der Waals surface area contributed by atoms with Gasteiger partial charge in [-0.1, -0.05) is 19.9 Å². The molecule has 3 rings (SSSR count). The second kappa shape index (κ2) is 6.36. The van der Waals surface area contributed by atoms with Crippen molar-refractivity contribution in [2.24, 2.45) is 5.92 Å². The zero-order valence-electron chi connectivity index (χ0n) is 14.2. The maximum Gasteiger partial charge on any atom is 0.146 e. The molecule has 3 aromatic heterocycles. The van der Waals surface area contributed by atoms with Crippen molar-refractivity contribution in [3.05, 3.63) is 47.7 Å². The maximum atomic E-state index is 4.53. The van der Waals surface area contributed by atoms with Gasteiger partial charge in [-0.15, -0.1) is 0 Å². The molecule has 0 atom stereocenters. The molecule has 0 amide bonds. The average molecular weight is 309 g/mol. The minimum Gasteiger partial charge on any atom is -0.369 e. The Kier molecular flexibility index (Phi) is 4.28. The molecule has 0 saturated heterocycles. The van der Waals surface area contributed by atoms with Gasteiger partial charge in [0.1, 0.15) is 17.8 Å². The molecule has 0 radical (unpaired) electrons. The summed E-state index contributed by atoms with van der Waals surface area (Å²) in [6, 6.07) is 5.99. The van der Waals surface area contributed by atoms with Gasteiger partial charge < -0.3 is 9.88 Å². The minimum absolute atomic E-state index is 0.567. The summed E-state index contributed by atoms with van der Waals surface area (Å²) in [7, 11) is 0. The van der Waals surface area contributed by atoms with Crippen LogP contribution >= 0.6 is 0 Å².